The van der Waals surface area contributed by atoms with Gasteiger partial charge in [0.25, 0.3) is 5.69 Å². The van der Waals surface area contributed by atoms with Crippen molar-refractivity contribution in [1.29, 1.82) is 0 Å². The van der Waals surface area contributed by atoms with Crippen LogP contribution in [0, 0.1) is 10.1 Å². The lowest BCUT2D eigenvalue weighted by molar-refractivity contribution is -0.386. The molecule has 1 aromatic rings. The van der Waals surface area contributed by atoms with Gasteiger partial charge in [-0.2, -0.15) is 0 Å². The Hall–Kier alpha value is -2.10. The molecule has 0 radical (unpaired) electrons. The first-order valence-electron chi connectivity index (χ1n) is 7.62. The Morgan fingerprint density at radius 2 is 1.87 bits per heavy atom. The molecular weight excluding hydrogens is 300 g/mol. The van der Waals surface area contributed by atoms with Crippen LogP contribution in [0.1, 0.15) is 0 Å². The van der Waals surface area contributed by atoms with E-state index in [9.17, 15) is 10.1 Å². The van der Waals surface area contributed by atoms with Gasteiger partial charge in [-0.15, -0.1) is 0 Å². The Labute approximate surface area is 133 Å². The third kappa shape index (κ3) is 3.31. The van der Waals surface area contributed by atoms with Crippen LogP contribution in [0.2, 0.25) is 0 Å². The summed E-state index contributed by atoms with van der Waals surface area (Å²) in [6, 6.07) is 3.27. The predicted molar refractivity (Wildman–Crippen MR) is 83.9 cm³/mol. The zero-order valence-electron chi connectivity index (χ0n) is 12.8. The van der Waals surface area contributed by atoms with Gasteiger partial charge in [0.2, 0.25) is 0 Å². The molecule has 1 aromatic carbocycles. The highest BCUT2D eigenvalue weighted by Crippen LogP contribution is 2.14. The van der Waals surface area contributed by atoms with Crippen molar-refractivity contribution < 1.29 is 9.66 Å². The molecule has 9 heteroatoms. The third-order valence-electron chi connectivity index (χ3n) is 4.09. The van der Waals surface area contributed by atoms with Gasteiger partial charge in [-0.1, -0.05) is 0 Å². The van der Waals surface area contributed by atoms with Gasteiger partial charge in [0.05, 0.1) is 10.6 Å². The van der Waals surface area contributed by atoms with Crippen molar-refractivity contribution in [2.45, 2.75) is 0 Å². The lowest BCUT2D eigenvalue weighted by Gasteiger charge is -2.35. The highest BCUT2D eigenvalue weighted by atomic mass is 16.6. The molecule has 0 bridgehead atoms. The number of piperazine rings is 1. The summed E-state index contributed by atoms with van der Waals surface area (Å²) in [6.07, 6.45) is 0. The predicted octanol–water partition coefficient (Wildman–Crippen LogP) is -1.14. The Morgan fingerprint density at radius 1 is 1.17 bits per heavy atom. The molecule has 0 aromatic heterocycles. The van der Waals surface area contributed by atoms with Crippen LogP contribution < -0.4 is 21.3 Å². The Kier molecular flexibility index (Phi) is 4.79. The number of rotatable bonds is 4. The number of nitro groups is 1. The van der Waals surface area contributed by atoms with Gasteiger partial charge in [0.1, 0.15) is 18.8 Å². The van der Waals surface area contributed by atoms with E-state index in [-0.39, 0.29) is 19.1 Å². The van der Waals surface area contributed by atoms with E-state index in [1.807, 2.05) is 0 Å². The minimum atomic E-state index is -0.424. The summed E-state index contributed by atoms with van der Waals surface area (Å²) >= 11 is 0. The molecule has 0 aliphatic carbocycles. The smallest absolute Gasteiger partial charge is 0.296 e. The van der Waals surface area contributed by atoms with Crippen molar-refractivity contribution in [2.75, 3.05) is 57.6 Å². The molecule has 2 heterocycles. The van der Waals surface area contributed by atoms with Crippen LogP contribution in [0.4, 0.5) is 11.4 Å². The average molecular weight is 320 g/mol. The number of nitro benzene ring substituents is 1. The van der Waals surface area contributed by atoms with E-state index >= 15 is 0 Å². The Morgan fingerprint density at radius 3 is 2.52 bits per heavy atom. The summed E-state index contributed by atoms with van der Waals surface area (Å²) in [4.78, 5) is 23.9. The number of hydrogen-bond donors (Lipinski definition) is 1. The minimum Gasteiger partial charge on any atom is -0.367 e. The van der Waals surface area contributed by atoms with Gasteiger partial charge in [0.15, 0.2) is 5.36 Å². The molecule has 124 valence electrons. The van der Waals surface area contributed by atoms with Crippen molar-refractivity contribution in [3.05, 3.63) is 33.0 Å². The van der Waals surface area contributed by atoms with E-state index in [1.54, 1.807) is 6.07 Å². The van der Waals surface area contributed by atoms with Gasteiger partial charge >= 0.3 is 0 Å². The molecule has 2 aliphatic rings. The van der Waals surface area contributed by atoms with E-state index in [4.69, 9.17) is 10.5 Å². The van der Waals surface area contributed by atoms with Crippen molar-refractivity contribution in [3.8, 4) is 0 Å². The van der Waals surface area contributed by atoms with Crippen LogP contribution in [-0.4, -0.2) is 62.6 Å². The largest absolute Gasteiger partial charge is 0.367 e. The molecule has 0 spiro atoms. The van der Waals surface area contributed by atoms with Crippen LogP contribution in [0.5, 0.6) is 0 Å². The Balaban J connectivity index is 1.96. The summed E-state index contributed by atoms with van der Waals surface area (Å²) < 4.78 is 5.21. The number of hydrogen-bond acceptors (Lipinski definition) is 8. The summed E-state index contributed by atoms with van der Waals surface area (Å²) in [5.74, 6) is 0. The number of anilines is 1. The number of ether oxygens (including phenoxy) is 1. The van der Waals surface area contributed by atoms with E-state index < -0.39 is 4.92 Å². The molecule has 1 saturated heterocycles. The summed E-state index contributed by atoms with van der Waals surface area (Å²) in [5.41, 5.74) is 6.45. The van der Waals surface area contributed by atoms with Crippen molar-refractivity contribution in [3.63, 3.8) is 0 Å². The molecule has 0 saturated carbocycles. The number of nitrogens with two attached hydrogens (primary N) is 1. The number of non-ortho nitro benzene ring substituents is 1. The first-order chi connectivity index (χ1) is 11.2. The lowest BCUT2D eigenvalue weighted by Crippen LogP contribution is -2.50. The van der Waals surface area contributed by atoms with E-state index in [2.05, 4.69) is 19.8 Å². The van der Waals surface area contributed by atoms with Crippen LogP contribution in [-0.2, 0) is 4.74 Å². The fraction of sp³-hybridized carbons (Fsp3) is 0.571. The van der Waals surface area contributed by atoms with Crippen molar-refractivity contribution in [1.82, 2.24) is 4.90 Å². The second kappa shape index (κ2) is 6.99. The molecule has 9 nitrogen and oxygen atoms in total. The Bertz CT molecular complexity index is 699. The molecule has 0 atom stereocenters. The maximum atomic E-state index is 11.2. The quantitative estimate of drug-likeness (QED) is 0.555. The van der Waals surface area contributed by atoms with Gasteiger partial charge in [0, 0.05) is 45.3 Å². The maximum absolute atomic E-state index is 11.2. The molecule has 2 N–H and O–H groups in total. The molecule has 2 aliphatic heterocycles. The van der Waals surface area contributed by atoms with Crippen LogP contribution in [0.25, 0.3) is 0 Å². The fourth-order valence-corrected chi connectivity index (χ4v) is 2.93. The molecular formula is C14H20N6O3. The zero-order valence-corrected chi connectivity index (χ0v) is 12.8. The van der Waals surface area contributed by atoms with Crippen molar-refractivity contribution in [2.24, 2.45) is 15.7 Å². The summed E-state index contributed by atoms with van der Waals surface area (Å²) in [6.45, 7) is 5.29. The topological polar surface area (TPSA) is 110 Å². The highest BCUT2D eigenvalue weighted by Gasteiger charge is 2.21. The summed E-state index contributed by atoms with van der Waals surface area (Å²) in [7, 11) is 0. The second-order valence-electron chi connectivity index (χ2n) is 5.45. The zero-order chi connectivity index (χ0) is 16.2. The SMILES string of the molecule is NCCN1CCN(c2ccc([N+](=O)[O-])c3c2=NCOCN=3)CC1. The first-order valence-corrected chi connectivity index (χ1v) is 7.62. The number of fused-ring (bicyclic) bond motifs is 1. The molecule has 1 fully saturated rings. The standard InChI is InChI=1S/C14H20N6O3/c15-3-4-18-5-7-19(8-6-18)11-1-2-12(20(21)22)14-13(11)16-9-23-10-17-14/h1-2H,3-10,15H2. The second-order valence-corrected chi connectivity index (χ2v) is 5.45. The van der Waals surface area contributed by atoms with Crippen LogP contribution in [0.15, 0.2) is 22.1 Å². The van der Waals surface area contributed by atoms with Gasteiger partial charge in [-0.25, -0.2) is 4.99 Å². The minimum absolute atomic E-state index is 0.0280. The van der Waals surface area contributed by atoms with Gasteiger partial charge < -0.3 is 15.4 Å². The molecule has 0 unspecified atom stereocenters. The van der Waals surface area contributed by atoms with E-state index in [1.165, 1.54) is 6.07 Å². The number of nitrogens with zero attached hydrogens (tertiary/aromatic N) is 5. The molecule has 0 amide bonds. The molecule has 23 heavy (non-hydrogen) atoms. The lowest BCUT2D eigenvalue weighted by atomic mass is 10.2. The highest BCUT2D eigenvalue weighted by molar-refractivity contribution is 5.50. The van der Waals surface area contributed by atoms with E-state index in [0.717, 1.165) is 38.4 Å². The first kappa shape index (κ1) is 15.8. The van der Waals surface area contributed by atoms with Crippen LogP contribution >= 0.6 is 0 Å². The van der Waals surface area contributed by atoms with Gasteiger partial charge in [-0.3, -0.25) is 20.0 Å². The fourth-order valence-electron chi connectivity index (χ4n) is 2.93. The summed E-state index contributed by atoms with van der Waals surface area (Å²) in [5, 5.41) is 12.1. The average Bonchev–Trinajstić information content (AvgIpc) is 2.81. The molecule has 3 rings (SSSR count). The maximum Gasteiger partial charge on any atom is 0.296 e. The monoisotopic (exact) mass is 320 g/mol. The van der Waals surface area contributed by atoms with Crippen LogP contribution in [0.3, 0.4) is 0 Å². The normalized spacial score (nSPS) is 18.6. The van der Waals surface area contributed by atoms with Gasteiger partial charge in [-0.05, 0) is 6.07 Å². The number of benzene rings is 1. The van der Waals surface area contributed by atoms with Crippen molar-refractivity contribution >= 4 is 11.4 Å². The third-order valence-corrected chi connectivity index (χ3v) is 4.09. The van der Waals surface area contributed by atoms with E-state index in [0.29, 0.717) is 17.3 Å².